The van der Waals surface area contributed by atoms with E-state index in [1.54, 1.807) is 18.9 Å². The molecule has 0 heterocycles. The molecule has 0 saturated carbocycles. The first-order valence-corrected chi connectivity index (χ1v) is 6.27. The number of methoxy groups -OCH3 is 1. The summed E-state index contributed by atoms with van der Waals surface area (Å²) in [4.78, 5) is 0. The first-order valence-electron chi connectivity index (χ1n) is 4.84. The summed E-state index contributed by atoms with van der Waals surface area (Å²) in [5.41, 5.74) is 6.85. The van der Waals surface area contributed by atoms with Crippen molar-refractivity contribution in [1.29, 1.82) is 0 Å². The molecule has 1 aromatic rings. The minimum Gasteiger partial charge on any atom is -0.384 e. The van der Waals surface area contributed by atoms with Crippen molar-refractivity contribution in [1.82, 2.24) is 0 Å². The van der Waals surface area contributed by atoms with Crippen molar-refractivity contribution in [3.8, 4) is 0 Å². The number of thioether (sulfide) groups is 1. The number of rotatable bonds is 6. The van der Waals surface area contributed by atoms with Gasteiger partial charge in [-0.3, -0.25) is 0 Å². The van der Waals surface area contributed by atoms with Crippen LogP contribution in [0.2, 0.25) is 5.02 Å². The SMILES string of the molecule is COCCSC(CN)c1ccccc1Cl. The lowest BCUT2D eigenvalue weighted by atomic mass is 10.1. The van der Waals surface area contributed by atoms with Gasteiger partial charge in [0.05, 0.1) is 6.61 Å². The number of benzene rings is 1. The van der Waals surface area contributed by atoms with Gasteiger partial charge >= 0.3 is 0 Å². The highest BCUT2D eigenvalue weighted by molar-refractivity contribution is 7.99. The van der Waals surface area contributed by atoms with E-state index >= 15 is 0 Å². The van der Waals surface area contributed by atoms with Crippen LogP contribution in [0.25, 0.3) is 0 Å². The molecule has 0 bridgehead atoms. The van der Waals surface area contributed by atoms with E-state index in [1.807, 2.05) is 24.3 Å². The van der Waals surface area contributed by atoms with Gasteiger partial charge in [0.25, 0.3) is 0 Å². The molecule has 0 spiro atoms. The van der Waals surface area contributed by atoms with E-state index in [4.69, 9.17) is 22.1 Å². The molecule has 15 heavy (non-hydrogen) atoms. The molecule has 1 unspecified atom stereocenters. The average Bonchev–Trinajstić information content (AvgIpc) is 2.26. The number of hydrogen-bond acceptors (Lipinski definition) is 3. The summed E-state index contributed by atoms with van der Waals surface area (Å²) in [6.45, 7) is 1.34. The smallest absolute Gasteiger partial charge is 0.0553 e. The fraction of sp³-hybridized carbons (Fsp3) is 0.455. The summed E-state index contributed by atoms with van der Waals surface area (Å²) >= 11 is 7.89. The number of hydrogen-bond donors (Lipinski definition) is 1. The van der Waals surface area contributed by atoms with E-state index in [0.717, 1.165) is 22.9 Å². The van der Waals surface area contributed by atoms with Crippen molar-refractivity contribution < 1.29 is 4.74 Å². The molecule has 2 nitrogen and oxygen atoms in total. The summed E-state index contributed by atoms with van der Waals surface area (Å²) in [5.74, 6) is 0.934. The minimum absolute atomic E-state index is 0.258. The normalized spacial score (nSPS) is 12.7. The maximum Gasteiger partial charge on any atom is 0.0553 e. The van der Waals surface area contributed by atoms with Gasteiger partial charge in [-0.1, -0.05) is 29.8 Å². The van der Waals surface area contributed by atoms with Crippen molar-refractivity contribution in [3.05, 3.63) is 34.9 Å². The zero-order chi connectivity index (χ0) is 11.1. The van der Waals surface area contributed by atoms with Gasteiger partial charge in [-0.25, -0.2) is 0 Å². The first-order chi connectivity index (χ1) is 7.29. The third-order valence-electron chi connectivity index (χ3n) is 2.07. The Morgan fingerprint density at radius 1 is 1.47 bits per heavy atom. The first kappa shape index (κ1) is 12.8. The molecular weight excluding hydrogens is 230 g/mol. The van der Waals surface area contributed by atoms with Gasteiger partial charge in [0, 0.05) is 29.7 Å². The van der Waals surface area contributed by atoms with Crippen LogP contribution in [-0.4, -0.2) is 26.0 Å². The van der Waals surface area contributed by atoms with Crippen molar-refractivity contribution in [2.24, 2.45) is 5.73 Å². The van der Waals surface area contributed by atoms with Crippen molar-refractivity contribution in [3.63, 3.8) is 0 Å². The van der Waals surface area contributed by atoms with Crippen LogP contribution in [0.15, 0.2) is 24.3 Å². The summed E-state index contributed by atoms with van der Waals surface area (Å²) < 4.78 is 5.01. The molecule has 0 fully saturated rings. The second-order valence-corrected chi connectivity index (χ2v) is 4.83. The topological polar surface area (TPSA) is 35.2 Å². The fourth-order valence-corrected chi connectivity index (χ4v) is 2.70. The molecule has 84 valence electrons. The molecule has 0 saturated heterocycles. The van der Waals surface area contributed by atoms with Crippen LogP contribution in [0.3, 0.4) is 0 Å². The summed E-state index contributed by atoms with van der Waals surface area (Å²) in [6.07, 6.45) is 0. The molecule has 1 aromatic carbocycles. The van der Waals surface area contributed by atoms with Gasteiger partial charge in [-0.05, 0) is 11.6 Å². The van der Waals surface area contributed by atoms with Crippen LogP contribution in [0.4, 0.5) is 0 Å². The minimum atomic E-state index is 0.258. The molecule has 0 aliphatic rings. The zero-order valence-corrected chi connectivity index (χ0v) is 10.4. The Labute approximate surface area is 100 Å². The van der Waals surface area contributed by atoms with Gasteiger partial charge in [0.1, 0.15) is 0 Å². The lowest BCUT2D eigenvalue weighted by Crippen LogP contribution is -2.11. The van der Waals surface area contributed by atoms with Gasteiger partial charge < -0.3 is 10.5 Å². The van der Waals surface area contributed by atoms with Crippen molar-refractivity contribution in [2.75, 3.05) is 26.0 Å². The van der Waals surface area contributed by atoms with Gasteiger partial charge in [-0.15, -0.1) is 11.8 Å². The van der Waals surface area contributed by atoms with E-state index in [2.05, 4.69) is 0 Å². The van der Waals surface area contributed by atoms with Gasteiger partial charge in [0.2, 0.25) is 0 Å². The molecule has 0 aliphatic carbocycles. The lowest BCUT2D eigenvalue weighted by Gasteiger charge is -2.15. The maximum absolute atomic E-state index is 6.11. The Morgan fingerprint density at radius 2 is 2.20 bits per heavy atom. The lowest BCUT2D eigenvalue weighted by molar-refractivity contribution is 0.218. The molecule has 0 aromatic heterocycles. The van der Waals surface area contributed by atoms with Crippen LogP contribution < -0.4 is 5.73 Å². The Hall–Kier alpha value is -0.220. The molecule has 1 atom stereocenters. The number of ether oxygens (including phenoxy) is 1. The average molecular weight is 246 g/mol. The second-order valence-electron chi connectivity index (χ2n) is 3.11. The Morgan fingerprint density at radius 3 is 2.80 bits per heavy atom. The second kappa shape index (κ2) is 7.12. The maximum atomic E-state index is 6.11. The molecule has 4 heteroatoms. The number of halogens is 1. The Kier molecular flexibility index (Phi) is 6.10. The standard InChI is InChI=1S/C11H16ClNOS/c1-14-6-7-15-11(8-13)9-4-2-3-5-10(9)12/h2-5,11H,6-8,13H2,1H3. The van der Waals surface area contributed by atoms with Crippen molar-refractivity contribution >= 4 is 23.4 Å². The molecule has 0 aliphatic heterocycles. The number of nitrogens with two attached hydrogens (primary N) is 1. The monoisotopic (exact) mass is 245 g/mol. The fourth-order valence-electron chi connectivity index (χ4n) is 1.29. The van der Waals surface area contributed by atoms with Crippen LogP contribution in [0.1, 0.15) is 10.8 Å². The third-order valence-corrected chi connectivity index (χ3v) is 3.67. The van der Waals surface area contributed by atoms with Crippen LogP contribution >= 0.6 is 23.4 Å². The third kappa shape index (κ3) is 4.03. The van der Waals surface area contributed by atoms with E-state index in [-0.39, 0.29) is 5.25 Å². The molecular formula is C11H16ClNOS. The largest absolute Gasteiger partial charge is 0.384 e. The van der Waals surface area contributed by atoms with Crippen LogP contribution in [-0.2, 0) is 4.74 Å². The zero-order valence-electron chi connectivity index (χ0n) is 8.78. The quantitative estimate of drug-likeness (QED) is 0.783. The highest BCUT2D eigenvalue weighted by Gasteiger charge is 2.12. The summed E-state index contributed by atoms with van der Waals surface area (Å²) in [6, 6.07) is 7.84. The molecule has 0 amide bonds. The molecule has 1 rings (SSSR count). The highest BCUT2D eigenvalue weighted by Crippen LogP contribution is 2.32. The highest BCUT2D eigenvalue weighted by atomic mass is 35.5. The van der Waals surface area contributed by atoms with Gasteiger partial charge in [-0.2, -0.15) is 0 Å². The van der Waals surface area contributed by atoms with Gasteiger partial charge in [0.15, 0.2) is 0 Å². The van der Waals surface area contributed by atoms with Crippen LogP contribution in [0, 0.1) is 0 Å². The Balaban J connectivity index is 2.61. The van der Waals surface area contributed by atoms with E-state index in [9.17, 15) is 0 Å². The molecule has 2 N–H and O–H groups in total. The van der Waals surface area contributed by atoms with E-state index < -0.39 is 0 Å². The van der Waals surface area contributed by atoms with Crippen LogP contribution in [0.5, 0.6) is 0 Å². The Bertz CT molecular complexity index is 296. The molecule has 0 radical (unpaired) electrons. The summed E-state index contributed by atoms with van der Waals surface area (Å²) in [7, 11) is 1.70. The predicted molar refractivity (Wildman–Crippen MR) is 67.6 cm³/mol. The summed E-state index contributed by atoms with van der Waals surface area (Å²) in [5, 5.41) is 1.05. The van der Waals surface area contributed by atoms with E-state index in [0.29, 0.717) is 6.54 Å². The predicted octanol–water partition coefficient (Wildman–Crippen LogP) is 2.72. The van der Waals surface area contributed by atoms with E-state index in [1.165, 1.54) is 0 Å². The van der Waals surface area contributed by atoms with Crippen molar-refractivity contribution in [2.45, 2.75) is 5.25 Å².